The highest BCUT2D eigenvalue weighted by molar-refractivity contribution is 7.99. The molecule has 682 valence electrons. The molecular formula is C135H82B3N9S. The lowest BCUT2D eigenvalue weighted by Gasteiger charge is -2.43. The molecule has 7 aromatic heterocycles. The van der Waals surface area contributed by atoms with Gasteiger partial charge in [-0.2, -0.15) is 0 Å². The molecule has 22 aromatic carbocycles. The number of rotatable bonds is 4. The number of anilines is 6. The van der Waals surface area contributed by atoms with Crippen LogP contribution in [-0.2, 0) is 5.41 Å². The van der Waals surface area contributed by atoms with Gasteiger partial charge in [-0.1, -0.05) is 353 Å². The van der Waals surface area contributed by atoms with Gasteiger partial charge in [-0.25, -0.2) is 0 Å². The number of para-hydroxylation sites is 18. The van der Waals surface area contributed by atoms with E-state index in [1.165, 1.54) is 308 Å². The maximum atomic E-state index is 2.57. The Labute approximate surface area is 855 Å². The molecule has 0 atom stereocenters. The normalized spacial score (nSPS) is 13.8. The van der Waals surface area contributed by atoms with Crippen molar-refractivity contribution in [1.82, 2.24) is 32.0 Å². The lowest BCUT2D eigenvalue weighted by molar-refractivity contribution is 0.632. The summed E-state index contributed by atoms with van der Waals surface area (Å²) in [6.45, 7) is 5.12. The fourth-order valence-corrected chi connectivity index (χ4v) is 29.9. The van der Waals surface area contributed by atoms with Crippen LogP contribution in [0.1, 0.15) is 25.0 Å². The van der Waals surface area contributed by atoms with Gasteiger partial charge in [-0.05, 0) is 205 Å². The van der Waals surface area contributed by atoms with Crippen molar-refractivity contribution in [3.63, 3.8) is 0 Å². The average molecular weight is 1890 g/mol. The number of hydrogen-bond acceptors (Lipinski definition) is 3. The predicted molar refractivity (Wildman–Crippen MR) is 625 cm³/mol. The lowest BCUT2D eigenvalue weighted by Crippen LogP contribution is -2.59. The van der Waals surface area contributed by atoms with E-state index in [0.717, 1.165) is 0 Å². The number of aromatic nitrogens is 7. The molecular weight excluding hydrogens is 1810 g/mol. The van der Waals surface area contributed by atoms with Crippen LogP contribution in [0, 0.1) is 0 Å². The van der Waals surface area contributed by atoms with E-state index in [2.05, 4.69) is 517 Å². The molecule has 0 saturated carbocycles. The van der Waals surface area contributed by atoms with Gasteiger partial charge < -0.3 is 41.8 Å². The Morgan fingerprint density at radius 2 is 0.399 bits per heavy atom. The Bertz CT molecular complexity index is 10600. The van der Waals surface area contributed by atoms with Crippen LogP contribution in [0.5, 0.6) is 0 Å². The average Bonchev–Trinajstić information content (AvgIpc) is 1.50. The van der Waals surface area contributed by atoms with Crippen LogP contribution < -0.4 is 59.0 Å². The second kappa shape index (κ2) is 29.0. The van der Waals surface area contributed by atoms with E-state index in [0.29, 0.717) is 0 Å². The molecule has 29 aromatic rings. The van der Waals surface area contributed by atoms with Gasteiger partial charge in [0.25, 0.3) is 20.1 Å². The van der Waals surface area contributed by atoms with Gasteiger partial charge in [0.2, 0.25) is 0 Å². The van der Waals surface area contributed by atoms with Gasteiger partial charge in [0, 0.05) is 164 Å². The van der Waals surface area contributed by atoms with E-state index < -0.39 is 0 Å². The summed E-state index contributed by atoms with van der Waals surface area (Å²) in [5, 5.41) is 18.3. The predicted octanol–water partition coefficient (Wildman–Crippen LogP) is 27.9. The highest BCUT2D eigenvalue weighted by atomic mass is 32.2. The van der Waals surface area contributed by atoms with Gasteiger partial charge in [-0.15, -0.1) is 0 Å². The van der Waals surface area contributed by atoms with Crippen molar-refractivity contribution >= 4 is 268 Å². The molecule has 0 spiro atoms. The van der Waals surface area contributed by atoms with Crippen LogP contribution in [0.2, 0.25) is 0 Å². The molecule has 0 unspecified atom stereocenters. The number of hydrogen-bond donors (Lipinski definition) is 0. The summed E-state index contributed by atoms with van der Waals surface area (Å²) in [6.07, 6.45) is 0. The second-order valence-corrected chi connectivity index (χ2v) is 43.0. The molecule has 0 saturated heterocycles. The maximum absolute atomic E-state index is 2.57. The highest BCUT2D eigenvalue weighted by Gasteiger charge is 2.48. The molecule has 0 N–H and O–H groups in total. The van der Waals surface area contributed by atoms with Crippen molar-refractivity contribution in [2.75, 3.05) is 9.80 Å². The summed E-state index contributed by atoms with van der Waals surface area (Å²) in [6, 6.07) is 172. The third-order valence-electron chi connectivity index (χ3n) is 34.5. The third-order valence-corrected chi connectivity index (χ3v) is 35.7. The van der Waals surface area contributed by atoms with Crippen LogP contribution in [0.4, 0.5) is 34.1 Å². The zero-order valence-electron chi connectivity index (χ0n) is 80.5. The van der Waals surface area contributed by atoms with Gasteiger partial charge in [-0.3, -0.25) is 0 Å². The number of fused-ring (bicyclic) bond motifs is 37. The zero-order chi connectivity index (χ0) is 96.2. The van der Waals surface area contributed by atoms with Crippen LogP contribution in [0.25, 0.3) is 204 Å². The first-order valence-electron chi connectivity index (χ1n) is 51.7. The topological polar surface area (TPSA) is 41.0 Å². The van der Waals surface area contributed by atoms with E-state index in [4.69, 9.17) is 0 Å². The van der Waals surface area contributed by atoms with Crippen LogP contribution in [0.15, 0.2) is 471 Å². The first-order valence-corrected chi connectivity index (χ1v) is 52.5. The maximum Gasteiger partial charge on any atom is 0.252 e. The highest BCUT2D eigenvalue weighted by Crippen LogP contribution is 2.57. The molecule has 9 nitrogen and oxygen atoms in total. The molecule has 0 fully saturated rings. The van der Waals surface area contributed by atoms with Crippen molar-refractivity contribution < 1.29 is 0 Å². The fraction of sp³-hybridized carbons (Fsp3) is 0.0222. The first-order chi connectivity index (χ1) is 73.3. The van der Waals surface area contributed by atoms with Crippen LogP contribution >= 0.6 is 11.8 Å². The van der Waals surface area contributed by atoms with Crippen molar-refractivity contribution in [3.05, 3.63) is 472 Å². The summed E-state index contributed by atoms with van der Waals surface area (Å²) in [4.78, 5) is 7.55. The minimum Gasteiger partial charge on any atom is -0.310 e. The van der Waals surface area contributed by atoms with Crippen molar-refractivity contribution in [3.8, 4) is 50.9 Å². The number of nitrogens with zero attached hydrogens (tertiary/aromatic N) is 9. The summed E-state index contributed by atoms with van der Waals surface area (Å²) in [5.41, 5.74) is 51.4. The molecule has 13 heteroatoms. The Morgan fingerprint density at radius 1 is 0.176 bits per heavy atom. The summed E-state index contributed by atoms with van der Waals surface area (Å²) < 4.78 is 17.8. The van der Waals surface area contributed by atoms with E-state index in [1.54, 1.807) is 0 Å². The fourth-order valence-electron chi connectivity index (χ4n) is 28.8. The molecule has 0 bridgehead atoms. The standard InChI is InChI=1S/C48H28BN3.C45H30BN3.C42H24BN3S/c1-5-19-40-32(11-1)33-12-2-6-20-41(33)50(40)31-25-23-29(24-26-31)30-27-44-46-45(28-30)52-43-22-8-4-14-35(43)37-16-10-18-39(48(37)52)49(46)38-17-9-15-36-34-13-3-7-21-42(34)51(44)47(36)38;1-45(2)32-17-5-9-23-38(32)47(39-24-10-6-18-33(39)45)27-25-40-42-41(26-27)49-37-22-8-4-14-29(37)31-16-12-20-35(44(31)49)46(42)34-19-11-15-30-28-13-3-7-21-36(28)48(40)43(30)34;1-3-17-32-26(11-1)28-13-9-15-30-41(28)45(32)36-23-25(44-34-19-5-7-21-38(34)47-39-22-8-6-20-35(39)44)24-37-40(36)43(30)31-16-10-14-29-27-12-2-4-18-33(27)46(37)42(29)31/h1-28H;3-26H,1-2H3;1-24H. The minimum atomic E-state index is -0.124. The zero-order valence-corrected chi connectivity index (χ0v) is 81.4. The summed E-state index contributed by atoms with van der Waals surface area (Å²) in [7, 11) is 0. The molecule has 8 aliphatic rings. The summed E-state index contributed by atoms with van der Waals surface area (Å²) in [5.74, 6) is 0. The Balaban J connectivity index is 0.0000000934. The SMILES string of the molecule is CC1(C)c2ccccc2N(c2cc3c4c(c2)-n2c5ccccc5c5cccc(c52)B4c2cccc4c5ccccc5n-3c24)c2ccccc21.c1ccc2c(c1)Sc1ccccc1N2c1cc2c3c(c1)-n1c4ccccc4c4cccc(c41)B3c1cccc3c4ccccc4n-2c13.c1ccc2c(c1)c1ccccc1n2-c1ccc(-c2cc3c4c(c2)-n2c5ccccc5c5cccc(c52)B4c2cccc4c5ccccc5n-3c24)cc1. The summed E-state index contributed by atoms with van der Waals surface area (Å²) >= 11 is 1.86. The van der Waals surface area contributed by atoms with E-state index in [-0.39, 0.29) is 25.6 Å². The van der Waals surface area contributed by atoms with Gasteiger partial charge in [0.05, 0.1) is 78.3 Å². The Hall–Kier alpha value is -18.4. The molecule has 0 aliphatic carbocycles. The van der Waals surface area contributed by atoms with Crippen molar-refractivity contribution in [2.24, 2.45) is 0 Å². The number of benzene rings is 22. The molecule has 148 heavy (non-hydrogen) atoms. The van der Waals surface area contributed by atoms with E-state index >= 15 is 0 Å². The van der Waals surface area contributed by atoms with Crippen LogP contribution in [-0.4, -0.2) is 52.1 Å². The molecule has 8 aliphatic heterocycles. The monoisotopic (exact) mass is 1890 g/mol. The van der Waals surface area contributed by atoms with Gasteiger partial charge in [0.1, 0.15) is 0 Å². The van der Waals surface area contributed by atoms with Gasteiger partial charge in [0.15, 0.2) is 0 Å². The smallest absolute Gasteiger partial charge is 0.252 e. The molecule has 0 amide bonds. The minimum absolute atomic E-state index is 0.124. The molecule has 0 radical (unpaired) electrons. The molecule has 37 rings (SSSR count). The first kappa shape index (κ1) is 80.1. The van der Waals surface area contributed by atoms with Crippen LogP contribution in [0.3, 0.4) is 0 Å². The largest absolute Gasteiger partial charge is 0.310 e. The van der Waals surface area contributed by atoms with Crippen molar-refractivity contribution in [2.45, 2.75) is 29.1 Å². The second-order valence-electron chi connectivity index (χ2n) is 41.9. The van der Waals surface area contributed by atoms with Crippen molar-refractivity contribution in [1.29, 1.82) is 0 Å². The van der Waals surface area contributed by atoms with E-state index in [1.807, 2.05) is 11.8 Å². The van der Waals surface area contributed by atoms with E-state index in [9.17, 15) is 0 Å². The lowest BCUT2D eigenvalue weighted by atomic mass is 9.34. The molecule has 15 heterocycles. The third kappa shape index (κ3) is 10.2. The Morgan fingerprint density at radius 3 is 0.689 bits per heavy atom. The van der Waals surface area contributed by atoms with Gasteiger partial charge >= 0.3 is 0 Å². The quantitative estimate of drug-likeness (QED) is 0.165. The Kier molecular flexibility index (Phi) is 15.7.